The molecule has 1 aromatic heterocycles. The standard InChI is InChI=1S/C21H31N5O2.HI/c1-16-5-6-18(14-20(16)27-4)7-8-23-21(22-3)26-11-9-25(10-12-26)15-19-13-17(2)28-24-19;/h5-6,13-14H,7-12,15H2,1-4H3,(H,22,23);1H. The molecule has 1 saturated heterocycles. The number of aromatic nitrogens is 1. The maximum atomic E-state index is 5.42. The summed E-state index contributed by atoms with van der Waals surface area (Å²) < 4.78 is 10.6. The number of nitrogens with zero attached hydrogens (tertiary/aromatic N) is 4. The molecular weight excluding hydrogens is 481 g/mol. The van der Waals surface area contributed by atoms with Crippen molar-refractivity contribution in [2.45, 2.75) is 26.8 Å². The van der Waals surface area contributed by atoms with E-state index in [9.17, 15) is 0 Å². The van der Waals surface area contributed by atoms with Gasteiger partial charge in [-0.3, -0.25) is 9.89 Å². The van der Waals surface area contributed by atoms with Gasteiger partial charge in [0.1, 0.15) is 11.5 Å². The lowest BCUT2D eigenvalue weighted by molar-refractivity contribution is 0.169. The molecule has 0 saturated carbocycles. The highest BCUT2D eigenvalue weighted by Crippen LogP contribution is 2.19. The number of piperazine rings is 1. The van der Waals surface area contributed by atoms with Gasteiger partial charge in [0.05, 0.1) is 12.8 Å². The second-order valence-corrected chi connectivity index (χ2v) is 7.22. The summed E-state index contributed by atoms with van der Waals surface area (Å²) in [6.07, 6.45) is 0.932. The van der Waals surface area contributed by atoms with Crippen molar-refractivity contribution >= 4 is 29.9 Å². The van der Waals surface area contributed by atoms with Crippen LogP contribution in [0.5, 0.6) is 5.75 Å². The largest absolute Gasteiger partial charge is 0.496 e. The van der Waals surface area contributed by atoms with Crippen LogP contribution < -0.4 is 10.1 Å². The quantitative estimate of drug-likeness (QED) is 0.364. The number of nitrogens with one attached hydrogen (secondary N) is 1. The summed E-state index contributed by atoms with van der Waals surface area (Å²) >= 11 is 0. The highest BCUT2D eigenvalue weighted by molar-refractivity contribution is 14.0. The third-order valence-electron chi connectivity index (χ3n) is 5.12. The minimum atomic E-state index is 0. The minimum Gasteiger partial charge on any atom is -0.496 e. The molecule has 0 aliphatic carbocycles. The van der Waals surface area contributed by atoms with Crippen molar-refractivity contribution in [3.05, 3.63) is 46.8 Å². The van der Waals surface area contributed by atoms with Crippen molar-refractivity contribution < 1.29 is 9.26 Å². The zero-order valence-corrected chi connectivity index (χ0v) is 20.1. The minimum absolute atomic E-state index is 0. The number of halogens is 1. The zero-order valence-electron chi connectivity index (χ0n) is 17.8. The highest BCUT2D eigenvalue weighted by Gasteiger charge is 2.20. The topological polar surface area (TPSA) is 66.1 Å². The highest BCUT2D eigenvalue weighted by atomic mass is 127. The Morgan fingerprint density at radius 3 is 2.59 bits per heavy atom. The van der Waals surface area contributed by atoms with Crippen molar-refractivity contribution in [1.82, 2.24) is 20.3 Å². The third kappa shape index (κ3) is 6.60. The second kappa shape index (κ2) is 11.4. The van der Waals surface area contributed by atoms with Gasteiger partial charge in [-0.25, -0.2) is 0 Å². The van der Waals surface area contributed by atoms with E-state index in [1.165, 1.54) is 5.56 Å². The molecule has 1 aromatic carbocycles. The molecule has 0 amide bonds. The van der Waals surface area contributed by atoms with Crippen molar-refractivity contribution in [1.29, 1.82) is 0 Å². The van der Waals surface area contributed by atoms with E-state index in [1.807, 2.05) is 20.0 Å². The predicted octanol–water partition coefficient (Wildman–Crippen LogP) is 2.85. The maximum absolute atomic E-state index is 5.42. The lowest BCUT2D eigenvalue weighted by Gasteiger charge is -2.36. The van der Waals surface area contributed by atoms with Gasteiger partial charge in [0, 0.05) is 52.4 Å². The molecule has 0 bridgehead atoms. The summed E-state index contributed by atoms with van der Waals surface area (Å²) in [5.41, 5.74) is 3.42. The summed E-state index contributed by atoms with van der Waals surface area (Å²) in [6.45, 7) is 9.56. The summed E-state index contributed by atoms with van der Waals surface area (Å²) in [7, 11) is 3.57. The van der Waals surface area contributed by atoms with Crippen molar-refractivity contribution in [2.24, 2.45) is 4.99 Å². The Morgan fingerprint density at radius 2 is 1.97 bits per heavy atom. The molecule has 8 heteroatoms. The van der Waals surface area contributed by atoms with Crippen molar-refractivity contribution in [3.8, 4) is 5.75 Å². The van der Waals surface area contributed by atoms with Crippen LogP contribution in [-0.4, -0.2) is 67.8 Å². The zero-order chi connectivity index (χ0) is 19.9. The van der Waals surface area contributed by atoms with Crippen LogP contribution >= 0.6 is 24.0 Å². The van der Waals surface area contributed by atoms with Gasteiger partial charge < -0.3 is 19.5 Å². The number of hydrogen-bond donors (Lipinski definition) is 1. The van der Waals surface area contributed by atoms with Gasteiger partial charge >= 0.3 is 0 Å². The fourth-order valence-electron chi connectivity index (χ4n) is 3.51. The molecule has 1 aliphatic rings. The summed E-state index contributed by atoms with van der Waals surface area (Å²) in [4.78, 5) is 9.19. The normalized spacial score (nSPS) is 15.2. The molecule has 0 unspecified atom stereocenters. The van der Waals surface area contributed by atoms with Crippen LogP contribution in [0.3, 0.4) is 0 Å². The van der Waals surface area contributed by atoms with Gasteiger partial charge in [0.25, 0.3) is 0 Å². The number of aryl methyl sites for hydroxylation is 2. The molecule has 1 N–H and O–H groups in total. The Kier molecular flexibility index (Phi) is 9.22. The van der Waals surface area contributed by atoms with E-state index in [0.717, 1.165) is 74.4 Å². The van der Waals surface area contributed by atoms with Gasteiger partial charge in [-0.15, -0.1) is 24.0 Å². The van der Waals surface area contributed by atoms with Gasteiger partial charge in [-0.1, -0.05) is 17.3 Å². The first-order valence-corrected chi connectivity index (χ1v) is 9.82. The molecule has 1 fully saturated rings. The monoisotopic (exact) mass is 513 g/mol. The number of aliphatic imine (C=N–C) groups is 1. The SMILES string of the molecule is CN=C(NCCc1ccc(C)c(OC)c1)N1CCN(Cc2cc(C)on2)CC1.I. The molecule has 1 aliphatic heterocycles. The van der Waals surface area contributed by atoms with Gasteiger partial charge in [-0.05, 0) is 37.5 Å². The number of methoxy groups -OCH3 is 1. The fourth-order valence-corrected chi connectivity index (χ4v) is 3.51. The predicted molar refractivity (Wildman–Crippen MR) is 126 cm³/mol. The first kappa shape index (κ1) is 23.5. The number of benzene rings is 1. The van der Waals surface area contributed by atoms with Crippen LogP contribution in [0.15, 0.2) is 33.8 Å². The second-order valence-electron chi connectivity index (χ2n) is 7.22. The average Bonchev–Trinajstić information content (AvgIpc) is 3.12. The van der Waals surface area contributed by atoms with E-state index >= 15 is 0 Å². The lowest BCUT2D eigenvalue weighted by atomic mass is 10.1. The molecule has 29 heavy (non-hydrogen) atoms. The molecule has 7 nitrogen and oxygen atoms in total. The summed E-state index contributed by atoms with van der Waals surface area (Å²) in [5.74, 6) is 2.78. The number of hydrogen-bond acceptors (Lipinski definition) is 5. The van der Waals surface area contributed by atoms with Crippen LogP contribution in [0.1, 0.15) is 22.6 Å². The third-order valence-corrected chi connectivity index (χ3v) is 5.12. The lowest BCUT2D eigenvalue weighted by Crippen LogP contribution is -2.52. The smallest absolute Gasteiger partial charge is 0.193 e. The van der Waals surface area contributed by atoms with Crippen LogP contribution in [0.25, 0.3) is 0 Å². The van der Waals surface area contributed by atoms with Gasteiger partial charge in [0.15, 0.2) is 5.96 Å². The number of ether oxygens (including phenoxy) is 1. The van der Waals surface area contributed by atoms with Crippen molar-refractivity contribution in [2.75, 3.05) is 46.9 Å². The molecule has 0 atom stereocenters. The van der Waals surface area contributed by atoms with E-state index in [1.54, 1.807) is 7.11 Å². The Labute approximate surface area is 190 Å². The Bertz CT molecular complexity index is 800. The van der Waals surface area contributed by atoms with Crippen molar-refractivity contribution in [3.63, 3.8) is 0 Å². The van der Waals surface area contributed by atoms with E-state index in [4.69, 9.17) is 9.26 Å². The number of guanidine groups is 1. The Hall–Kier alpha value is -1.81. The first-order chi connectivity index (χ1) is 13.6. The Morgan fingerprint density at radius 1 is 1.21 bits per heavy atom. The molecule has 0 spiro atoms. The average molecular weight is 513 g/mol. The number of rotatable bonds is 6. The molecular formula is C21H32IN5O2. The van der Waals surface area contributed by atoms with Gasteiger partial charge in [-0.2, -0.15) is 0 Å². The van der Waals surface area contributed by atoms with E-state index < -0.39 is 0 Å². The van der Waals surface area contributed by atoms with Crippen LogP contribution in [0.4, 0.5) is 0 Å². The maximum Gasteiger partial charge on any atom is 0.193 e. The molecule has 2 aromatic rings. The van der Waals surface area contributed by atoms with Gasteiger partial charge in [0.2, 0.25) is 0 Å². The molecule has 0 radical (unpaired) electrons. The van der Waals surface area contributed by atoms with E-state index in [0.29, 0.717) is 0 Å². The Balaban J connectivity index is 0.00000300. The van der Waals surface area contributed by atoms with Crippen LogP contribution in [0.2, 0.25) is 0 Å². The van der Waals surface area contributed by atoms with E-state index in [-0.39, 0.29) is 24.0 Å². The summed E-state index contributed by atoms with van der Waals surface area (Å²) in [6, 6.07) is 8.39. The van der Waals surface area contributed by atoms with Crippen LogP contribution in [-0.2, 0) is 13.0 Å². The fraction of sp³-hybridized carbons (Fsp3) is 0.524. The molecule has 2 heterocycles. The molecule has 160 valence electrons. The molecule has 3 rings (SSSR count). The van der Waals surface area contributed by atoms with E-state index in [2.05, 4.69) is 50.4 Å². The summed E-state index contributed by atoms with van der Waals surface area (Å²) in [5, 5.41) is 7.59. The first-order valence-electron chi connectivity index (χ1n) is 9.82. The van der Waals surface area contributed by atoms with Crippen LogP contribution in [0, 0.1) is 13.8 Å².